The fourth-order valence-electron chi connectivity index (χ4n) is 3.71. The molecule has 0 radical (unpaired) electrons. The van der Waals surface area contributed by atoms with E-state index >= 15 is 0 Å². The van der Waals surface area contributed by atoms with Gasteiger partial charge in [0, 0.05) is 34.1 Å². The van der Waals surface area contributed by atoms with Crippen molar-refractivity contribution in [2.75, 3.05) is 5.32 Å². The van der Waals surface area contributed by atoms with Gasteiger partial charge in [-0.25, -0.2) is 4.39 Å². The molecule has 0 aliphatic rings. The summed E-state index contributed by atoms with van der Waals surface area (Å²) in [5.41, 5.74) is 4.29. The lowest BCUT2D eigenvalue weighted by atomic mass is 10.1. The predicted octanol–water partition coefficient (Wildman–Crippen LogP) is 5.33. The summed E-state index contributed by atoms with van der Waals surface area (Å²) >= 11 is 6.01. The topological polar surface area (TPSA) is 62.7 Å². The molecule has 0 saturated heterocycles. The number of carbonyl (C=O) groups excluding carboxylic acids is 1. The van der Waals surface area contributed by atoms with Gasteiger partial charge in [-0.3, -0.25) is 9.89 Å². The number of carbonyl (C=O) groups is 1. The highest BCUT2D eigenvalue weighted by molar-refractivity contribution is 6.31. The summed E-state index contributed by atoms with van der Waals surface area (Å²) < 4.78 is 16.1. The summed E-state index contributed by atoms with van der Waals surface area (Å²) in [4.78, 5) is 12.4. The summed E-state index contributed by atoms with van der Waals surface area (Å²) in [6.07, 6.45) is -0.165. The molecule has 2 aromatic heterocycles. The van der Waals surface area contributed by atoms with Gasteiger partial charge in [-0.05, 0) is 37.6 Å². The zero-order chi connectivity index (χ0) is 20.5. The summed E-state index contributed by atoms with van der Waals surface area (Å²) in [6.45, 7) is 4.96. The van der Waals surface area contributed by atoms with Gasteiger partial charge in [0.1, 0.15) is 5.82 Å². The molecule has 29 heavy (non-hydrogen) atoms. The number of nitrogens with one attached hydrogen (secondary N) is 2. The summed E-state index contributed by atoms with van der Waals surface area (Å²) in [5, 5.41) is 11.3. The fraction of sp³-hybridized carbons (Fsp3) is 0.182. The number of anilines is 1. The zero-order valence-electron chi connectivity index (χ0n) is 16.1. The molecule has 4 aromatic rings. The lowest BCUT2D eigenvalue weighted by Crippen LogP contribution is -2.15. The van der Waals surface area contributed by atoms with E-state index in [1.807, 2.05) is 12.1 Å². The molecule has 4 rings (SSSR count). The van der Waals surface area contributed by atoms with E-state index in [2.05, 4.69) is 46.1 Å². The van der Waals surface area contributed by atoms with Crippen LogP contribution in [0.3, 0.4) is 0 Å². The first kappa shape index (κ1) is 19.2. The lowest BCUT2D eigenvalue weighted by Gasteiger charge is -2.07. The number of nitrogens with zero attached hydrogens (tertiary/aromatic N) is 2. The van der Waals surface area contributed by atoms with Crippen molar-refractivity contribution in [1.29, 1.82) is 0 Å². The average Bonchev–Trinajstić information content (AvgIpc) is 3.27. The number of para-hydroxylation sites is 1. The Labute approximate surface area is 172 Å². The average molecular weight is 411 g/mol. The van der Waals surface area contributed by atoms with Gasteiger partial charge in [-0.1, -0.05) is 35.9 Å². The van der Waals surface area contributed by atoms with Crippen LogP contribution in [-0.4, -0.2) is 20.7 Å². The largest absolute Gasteiger partial charge is 0.339 e. The van der Waals surface area contributed by atoms with Crippen LogP contribution in [0.2, 0.25) is 5.02 Å². The van der Waals surface area contributed by atoms with E-state index in [1.165, 1.54) is 17.5 Å². The Balaban J connectivity index is 1.60. The summed E-state index contributed by atoms with van der Waals surface area (Å²) in [6, 6.07) is 14.4. The van der Waals surface area contributed by atoms with Gasteiger partial charge >= 0.3 is 0 Å². The maximum Gasteiger partial charge on any atom is 0.230 e. The van der Waals surface area contributed by atoms with Crippen LogP contribution in [0.25, 0.3) is 22.3 Å². The van der Waals surface area contributed by atoms with Gasteiger partial charge in [0.25, 0.3) is 0 Å². The number of aromatic amines is 1. The van der Waals surface area contributed by atoms with Crippen molar-refractivity contribution in [3.8, 4) is 11.4 Å². The van der Waals surface area contributed by atoms with E-state index in [9.17, 15) is 9.18 Å². The number of hydrogen-bond acceptors (Lipinski definition) is 2. The van der Waals surface area contributed by atoms with Gasteiger partial charge in [-0.15, -0.1) is 0 Å². The van der Waals surface area contributed by atoms with Crippen molar-refractivity contribution in [2.45, 2.75) is 26.8 Å². The van der Waals surface area contributed by atoms with Gasteiger partial charge < -0.3 is 9.88 Å². The Kier molecular flexibility index (Phi) is 5.11. The third-order valence-electron chi connectivity index (χ3n) is 5.04. The minimum Gasteiger partial charge on any atom is -0.339 e. The van der Waals surface area contributed by atoms with E-state index in [4.69, 9.17) is 11.6 Å². The summed E-state index contributed by atoms with van der Waals surface area (Å²) in [7, 11) is 0. The second-order valence-corrected chi connectivity index (χ2v) is 7.23. The fourth-order valence-corrected chi connectivity index (χ4v) is 3.94. The molecule has 0 fully saturated rings. The van der Waals surface area contributed by atoms with Gasteiger partial charge in [0.05, 0.1) is 17.8 Å². The van der Waals surface area contributed by atoms with Crippen molar-refractivity contribution in [3.63, 3.8) is 0 Å². The maximum absolute atomic E-state index is 13.9. The Bertz CT molecular complexity index is 1190. The summed E-state index contributed by atoms with van der Waals surface area (Å²) in [5.74, 6) is -0.508. The Morgan fingerprint density at radius 2 is 2.03 bits per heavy atom. The van der Waals surface area contributed by atoms with Gasteiger partial charge in [-0.2, -0.15) is 5.10 Å². The molecule has 0 spiro atoms. The first-order valence-corrected chi connectivity index (χ1v) is 9.73. The molecule has 0 aliphatic heterocycles. The molecule has 7 heteroatoms. The van der Waals surface area contributed by atoms with E-state index in [0.717, 1.165) is 29.0 Å². The predicted molar refractivity (Wildman–Crippen MR) is 114 cm³/mol. The highest BCUT2D eigenvalue weighted by atomic mass is 35.5. The first-order valence-electron chi connectivity index (χ1n) is 9.36. The molecule has 0 aliphatic carbocycles. The van der Waals surface area contributed by atoms with E-state index in [0.29, 0.717) is 5.82 Å². The van der Waals surface area contributed by atoms with Gasteiger partial charge in [0.2, 0.25) is 5.91 Å². The van der Waals surface area contributed by atoms with Crippen molar-refractivity contribution in [2.24, 2.45) is 0 Å². The number of aromatic nitrogens is 3. The molecular formula is C22H20ClFN4O. The van der Waals surface area contributed by atoms with Crippen LogP contribution < -0.4 is 5.32 Å². The standard InChI is InChI=1S/C22H20ClFN4O/c1-3-28-19-10-5-4-7-14(19)13(2)22(28)18-12-20(27-26-18)25-21(29)11-15-16(23)8-6-9-17(15)24/h4-10,12H,3,11H2,1-2H3,(H2,25,26,27,29). The monoisotopic (exact) mass is 410 g/mol. The molecule has 0 saturated carbocycles. The Morgan fingerprint density at radius 1 is 1.24 bits per heavy atom. The third-order valence-corrected chi connectivity index (χ3v) is 5.39. The zero-order valence-corrected chi connectivity index (χ0v) is 16.8. The highest BCUT2D eigenvalue weighted by Crippen LogP contribution is 2.33. The molecule has 0 unspecified atom stereocenters. The van der Waals surface area contributed by atoms with Crippen molar-refractivity contribution in [3.05, 3.63) is 70.5 Å². The molecule has 5 nitrogen and oxygen atoms in total. The van der Waals surface area contributed by atoms with E-state index in [-0.39, 0.29) is 22.9 Å². The first-order chi connectivity index (χ1) is 14.0. The van der Waals surface area contributed by atoms with Gasteiger partial charge in [0.15, 0.2) is 5.82 Å². The lowest BCUT2D eigenvalue weighted by molar-refractivity contribution is -0.115. The SMILES string of the molecule is CCn1c(-c2cc(NC(=O)Cc3c(F)cccc3Cl)n[nH]2)c(C)c2ccccc21. The van der Waals surface area contributed by atoms with Crippen LogP contribution in [-0.2, 0) is 17.8 Å². The highest BCUT2D eigenvalue weighted by Gasteiger charge is 2.18. The van der Waals surface area contributed by atoms with E-state index < -0.39 is 5.82 Å². The number of aryl methyl sites for hydroxylation is 2. The number of H-pyrrole nitrogens is 1. The van der Waals surface area contributed by atoms with Crippen molar-refractivity contribution < 1.29 is 9.18 Å². The maximum atomic E-state index is 13.9. The van der Waals surface area contributed by atoms with Crippen LogP contribution in [0, 0.1) is 12.7 Å². The second kappa shape index (κ2) is 7.72. The number of amides is 1. The van der Waals surface area contributed by atoms with Crippen LogP contribution in [0.4, 0.5) is 10.2 Å². The quantitative estimate of drug-likeness (QED) is 0.467. The molecule has 0 bridgehead atoms. The minimum atomic E-state index is -0.501. The van der Waals surface area contributed by atoms with E-state index in [1.54, 1.807) is 12.1 Å². The van der Waals surface area contributed by atoms with Crippen molar-refractivity contribution in [1.82, 2.24) is 14.8 Å². The number of rotatable bonds is 5. The number of halogens is 2. The third kappa shape index (κ3) is 3.51. The Morgan fingerprint density at radius 3 is 2.79 bits per heavy atom. The number of fused-ring (bicyclic) bond motifs is 1. The van der Waals surface area contributed by atoms with Crippen LogP contribution >= 0.6 is 11.6 Å². The molecule has 2 aromatic carbocycles. The normalized spacial score (nSPS) is 11.2. The smallest absolute Gasteiger partial charge is 0.230 e. The Hall–Kier alpha value is -3.12. The second-order valence-electron chi connectivity index (χ2n) is 6.83. The van der Waals surface area contributed by atoms with Crippen LogP contribution in [0.15, 0.2) is 48.5 Å². The molecule has 1 amide bonds. The van der Waals surface area contributed by atoms with Crippen molar-refractivity contribution >= 4 is 34.2 Å². The number of benzene rings is 2. The molecule has 2 N–H and O–H groups in total. The number of hydrogen-bond donors (Lipinski definition) is 2. The molecular weight excluding hydrogens is 391 g/mol. The van der Waals surface area contributed by atoms with Crippen LogP contribution in [0.1, 0.15) is 18.1 Å². The molecule has 148 valence electrons. The molecule has 2 heterocycles. The molecule has 0 atom stereocenters. The minimum absolute atomic E-state index is 0.165. The van der Waals surface area contributed by atoms with Crippen LogP contribution in [0.5, 0.6) is 0 Å².